The van der Waals surface area contributed by atoms with E-state index in [2.05, 4.69) is 17.0 Å². The van der Waals surface area contributed by atoms with Crippen molar-refractivity contribution in [1.29, 1.82) is 0 Å². The smallest absolute Gasteiger partial charge is 0.243 e. The van der Waals surface area contributed by atoms with Gasteiger partial charge in [0.15, 0.2) is 0 Å². The summed E-state index contributed by atoms with van der Waals surface area (Å²) < 4.78 is 32.9. The number of piperazine rings is 1. The topological polar surface area (TPSA) is 70.2 Å². The number of hydrogen-bond donors (Lipinski definition) is 0. The number of piperidine rings is 1. The average molecular weight is 472 g/mol. The van der Waals surface area contributed by atoms with Gasteiger partial charge in [0.25, 0.3) is 0 Å². The highest BCUT2D eigenvalue weighted by Crippen LogP contribution is 2.24. The molecule has 2 aromatic rings. The number of rotatable bonds is 7. The van der Waals surface area contributed by atoms with Gasteiger partial charge >= 0.3 is 0 Å². The van der Waals surface area contributed by atoms with E-state index in [-0.39, 0.29) is 16.7 Å². The van der Waals surface area contributed by atoms with Gasteiger partial charge in [-0.3, -0.25) is 9.69 Å². The van der Waals surface area contributed by atoms with E-state index < -0.39 is 10.0 Å². The van der Waals surface area contributed by atoms with Gasteiger partial charge in [0, 0.05) is 39.3 Å². The maximum absolute atomic E-state index is 13.2. The summed E-state index contributed by atoms with van der Waals surface area (Å²) in [7, 11) is -3.58. The molecule has 4 rings (SSSR count). The molecule has 0 saturated carbocycles. The van der Waals surface area contributed by atoms with Crippen molar-refractivity contribution in [2.75, 3.05) is 45.9 Å². The summed E-state index contributed by atoms with van der Waals surface area (Å²) in [6, 6.07) is 16.9. The fourth-order valence-corrected chi connectivity index (χ4v) is 6.10. The maximum Gasteiger partial charge on any atom is 0.243 e. The van der Waals surface area contributed by atoms with E-state index >= 15 is 0 Å². The van der Waals surface area contributed by atoms with E-state index in [0.717, 1.165) is 32.5 Å². The van der Waals surface area contributed by atoms with Crippen molar-refractivity contribution in [3.8, 4) is 5.75 Å². The molecule has 1 amide bonds. The molecule has 2 aliphatic rings. The highest BCUT2D eigenvalue weighted by atomic mass is 32.2. The first kappa shape index (κ1) is 23.7. The summed E-state index contributed by atoms with van der Waals surface area (Å²) in [4.78, 5) is 17.7. The Labute approximate surface area is 197 Å². The molecule has 1 unspecified atom stereocenters. The molecule has 178 valence electrons. The van der Waals surface area contributed by atoms with Gasteiger partial charge in [-0.1, -0.05) is 30.3 Å². The van der Waals surface area contributed by atoms with E-state index in [1.807, 2.05) is 30.0 Å². The number of benzene rings is 2. The fourth-order valence-electron chi connectivity index (χ4n) is 4.67. The van der Waals surface area contributed by atoms with Crippen molar-refractivity contribution >= 4 is 15.9 Å². The van der Waals surface area contributed by atoms with Crippen LogP contribution in [0.1, 0.15) is 25.3 Å². The zero-order valence-electron chi connectivity index (χ0n) is 19.2. The molecular weight excluding hydrogens is 438 g/mol. The number of sulfonamides is 1. The molecule has 1 atom stereocenters. The minimum Gasteiger partial charge on any atom is -0.494 e. The van der Waals surface area contributed by atoms with Crippen molar-refractivity contribution in [3.05, 3.63) is 60.2 Å². The molecule has 7 nitrogen and oxygen atoms in total. The SMILES string of the molecule is CCOc1ccc(S(=O)(=O)N2CCN(C(=O)C3CCCN(Cc4ccccc4)C3)CC2)cc1. The van der Waals surface area contributed by atoms with Crippen molar-refractivity contribution in [2.45, 2.75) is 31.2 Å². The van der Waals surface area contributed by atoms with Gasteiger partial charge < -0.3 is 9.64 Å². The third-order valence-corrected chi connectivity index (χ3v) is 8.34. The average Bonchev–Trinajstić information content (AvgIpc) is 2.85. The monoisotopic (exact) mass is 471 g/mol. The van der Waals surface area contributed by atoms with Crippen LogP contribution in [0.25, 0.3) is 0 Å². The Bertz CT molecular complexity index is 1020. The molecule has 0 spiro atoms. The highest BCUT2D eigenvalue weighted by Gasteiger charge is 2.34. The summed E-state index contributed by atoms with van der Waals surface area (Å²) >= 11 is 0. The van der Waals surface area contributed by atoms with Gasteiger partial charge in [0.05, 0.1) is 17.4 Å². The van der Waals surface area contributed by atoms with Gasteiger partial charge in [0.1, 0.15) is 5.75 Å². The molecule has 0 bridgehead atoms. The highest BCUT2D eigenvalue weighted by molar-refractivity contribution is 7.89. The van der Waals surface area contributed by atoms with Crippen molar-refractivity contribution in [2.24, 2.45) is 5.92 Å². The van der Waals surface area contributed by atoms with Gasteiger partial charge in [0.2, 0.25) is 15.9 Å². The number of nitrogens with zero attached hydrogens (tertiary/aromatic N) is 3. The molecule has 0 radical (unpaired) electrons. The predicted molar refractivity (Wildman–Crippen MR) is 127 cm³/mol. The summed E-state index contributed by atoms with van der Waals surface area (Å²) in [6.45, 7) is 6.56. The standard InChI is InChI=1S/C25H33N3O4S/c1-2-32-23-10-12-24(13-11-23)33(30,31)28-17-15-27(16-18-28)25(29)22-9-6-14-26(20-22)19-21-7-4-3-5-8-21/h3-5,7-8,10-13,22H,2,6,9,14-20H2,1H3. The zero-order valence-corrected chi connectivity index (χ0v) is 20.0. The summed E-state index contributed by atoms with van der Waals surface area (Å²) in [5, 5.41) is 0. The Morgan fingerprint density at radius 1 is 0.970 bits per heavy atom. The fraction of sp³-hybridized carbons (Fsp3) is 0.480. The maximum atomic E-state index is 13.2. The largest absolute Gasteiger partial charge is 0.494 e. The number of likely N-dealkylation sites (tertiary alicyclic amines) is 1. The molecule has 2 aliphatic heterocycles. The predicted octanol–water partition coefficient (Wildman–Crippen LogP) is 2.83. The van der Waals surface area contributed by atoms with Crippen LogP contribution in [0.15, 0.2) is 59.5 Å². The lowest BCUT2D eigenvalue weighted by molar-refractivity contribution is -0.138. The minimum atomic E-state index is -3.58. The van der Waals surface area contributed by atoms with Crippen LogP contribution in [0, 0.1) is 5.92 Å². The first-order valence-corrected chi connectivity index (χ1v) is 13.2. The second-order valence-electron chi connectivity index (χ2n) is 8.69. The first-order chi connectivity index (χ1) is 16.0. The lowest BCUT2D eigenvalue weighted by atomic mass is 9.95. The molecule has 2 saturated heterocycles. The molecule has 2 fully saturated rings. The zero-order chi connectivity index (χ0) is 23.3. The Kier molecular flexibility index (Phi) is 7.67. The van der Waals surface area contributed by atoms with Gasteiger partial charge in [-0.25, -0.2) is 8.42 Å². The quantitative estimate of drug-likeness (QED) is 0.621. The molecule has 0 N–H and O–H groups in total. The van der Waals surface area contributed by atoms with E-state index in [4.69, 9.17) is 4.74 Å². The van der Waals surface area contributed by atoms with E-state index in [1.165, 1.54) is 9.87 Å². The van der Waals surface area contributed by atoms with Gasteiger partial charge in [-0.05, 0) is 56.1 Å². The van der Waals surface area contributed by atoms with Crippen LogP contribution in [0.4, 0.5) is 0 Å². The number of ether oxygens (including phenoxy) is 1. The minimum absolute atomic E-state index is 0.0169. The lowest BCUT2D eigenvalue weighted by Crippen LogP contribution is -2.53. The molecule has 33 heavy (non-hydrogen) atoms. The van der Waals surface area contributed by atoms with E-state index in [0.29, 0.717) is 38.5 Å². The van der Waals surface area contributed by atoms with Gasteiger partial charge in [-0.15, -0.1) is 0 Å². The van der Waals surface area contributed by atoms with Crippen LogP contribution >= 0.6 is 0 Å². The molecule has 0 aliphatic carbocycles. The van der Waals surface area contributed by atoms with Crippen LogP contribution in [-0.4, -0.2) is 74.3 Å². The Balaban J connectivity index is 1.32. The number of carbonyl (C=O) groups is 1. The lowest BCUT2D eigenvalue weighted by Gasteiger charge is -2.38. The Morgan fingerprint density at radius 2 is 1.67 bits per heavy atom. The Morgan fingerprint density at radius 3 is 2.33 bits per heavy atom. The van der Waals surface area contributed by atoms with Crippen molar-refractivity contribution in [3.63, 3.8) is 0 Å². The summed E-state index contributed by atoms with van der Waals surface area (Å²) in [5.41, 5.74) is 1.26. The second-order valence-corrected chi connectivity index (χ2v) is 10.6. The number of hydrogen-bond acceptors (Lipinski definition) is 5. The van der Waals surface area contributed by atoms with Crippen LogP contribution in [0.2, 0.25) is 0 Å². The molecule has 8 heteroatoms. The molecule has 2 heterocycles. The van der Waals surface area contributed by atoms with E-state index in [9.17, 15) is 13.2 Å². The second kappa shape index (κ2) is 10.7. The number of amides is 1. The third kappa shape index (κ3) is 5.75. The van der Waals surface area contributed by atoms with Crippen LogP contribution in [0.5, 0.6) is 5.75 Å². The van der Waals surface area contributed by atoms with Crippen LogP contribution in [-0.2, 0) is 21.4 Å². The molecular formula is C25H33N3O4S. The molecule has 0 aromatic heterocycles. The van der Waals surface area contributed by atoms with Crippen molar-refractivity contribution in [1.82, 2.24) is 14.1 Å². The first-order valence-electron chi connectivity index (χ1n) is 11.8. The van der Waals surface area contributed by atoms with Crippen molar-refractivity contribution < 1.29 is 17.9 Å². The normalized spacial score (nSPS) is 20.5. The van der Waals surface area contributed by atoms with E-state index in [1.54, 1.807) is 24.3 Å². The van der Waals surface area contributed by atoms with Crippen LogP contribution < -0.4 is 4.74 Å². The van der Waals surface area contributed by atoms with Crippen LogP contribution in [0.3, 0.4) is 0 Å². The molecule has 2 aromatic carbocycles. The summed E-state index contributed by atoms with van der Waals surface area (Å²) in [5.74, 6) is 0.795. The summed E-state index contributed by atoms with van der Waals surface area (Å²) in [6.07, 6.45) is 1.91. The Hall–Kier alpha value is -2.42. The third-order valence-electron chi connectivity index (χ3n) is 6.43. The van der Waals surface area contributed by atoms with Gasteiger partial charge in [-0.2, -0.15) is 4.31 Å². The number of carbonyl (C=O) groups excluding carboxylic acids is 1.